The Balaban J connectivity index is 2.03. The minimum Gasteiger partial charge on any atom is -0.358 e. The zero-order valence-corrected chi connectivity index (χ0v) is 9.79. The molecule has 2 aliphatic heterocycles. The largest absolute Gasteiger partial charge is 0.358 e. The Morgan fingerprint density at radius 2 is 2.27 bits per heavy atom. The van der Waals surface area contributed by atoms with Crippen molar-refractivity contribution in [2.24, 2.45) is 11.8 Å². The molecule has 0 bridgehead atoms. The summed E-state index contributed by atoms with van der Waals surface area (Å²) in [4.78, 5) is 13.9. The molecule has 0 aromatic carbocycles. The lowest BCUT2D eigenvalue weighted by Crippen LogP contribution is -2.47. The molecule has 1 amide bonds. The summed E-state index contributed by atoms with van der Waals surface area (Å²) in [6.45, 7) is 7.54. The standard InChI is InChI=1S/C11H21N3O/c1-7-10-5-13-4-9(10)6-14(7)8(2)11(15)12-3/h7-10,13H,4-6H2,1-3H3,(H,12,15). The van der Waals surface area contributed by atoms with Crippen molar-refractivity contribution in [3.05, 3.63) is 0 Å². The first-order chi connectivity index (χ1) is 7.15. The average Bonchev–Trinajstić information content (AvgIpc) is 2.80. The van der Waals surface area contributed by atoms with Crippen molar-refractivity contribution < 1.29 is 4.79 Å². The van der Waals surface area contributed by atoms with E-state index >= 15 is 0 Å². The minimum atomic E-state index is 0.00981. The Morgan fingerprint density at radius 1 is 1.53 bits per heavy atom. The van der Waals surface area contributed by atoms with Crippen molar-refractivity contribution in [1.82, 2.24) is 15.5 Å². The zero-order chi connectivity index (χ0) is 11.0. The second-order valence-electron chi connectivity index (χ2n) is 4.81. The summed E-state index contributed by atoms with van der Waals surface area (Å²) in [5.74, 6) is 1.61. The molecule has 2 N–H and O–H groups in total. The van der Waals surface area contributed by atoms with Crippen LogP contribution in [0.25, 0.3) is 0 Å². The van der Waals surface area contributed by atoms with Crippen molar-refractivity contribution in [2.75, 3.05) is 26.7 Å². The van der Waals surface area contributed by atoms with E-state index in [2.05, 4.69) is 22.5 Å². The van der Waals surface area contributed by atoms with Crippen LogP contribution < -0.4 is 10.6 Å². The van der Waals surface area contributed by atoms with Gasteiger partial charge in [-0.2, -0.15) is 0 Å². The fraction of sp³-hybridized carbons (Fsp3) is 0.909. The second kappa shape index (κ2) is 4.10. The van der Waals surface area contributed by atoms with Gasteiger partial charge in [0.1, 0.15) is 0 Å². The van der Waals surface area contributed by atoms with E-state index in [-0.39, 0.29) is 11.9 Å². The SMILES string of the molecule is CNC(=O)C(C)N1CC2CNCC2C1C. The maximum atomic E-state index is 11.6. The third kappa shape index (κ3) is 1.76. The van der Waals surface area contributed by atoms with Crippen LogP contribution in [0.4, 0.5) is 0 Å². The molecular weight excluding hydrogens is 190 g/mol. The Kier molecular flexibility index (Phi) is 2.98. The van der Waals surface area contributed by atoms with Crippen LogP contribution in [-0.4, -0.2) is 49.6 Å². The van der Waals surface area contributed by atoms with Crippen molar-refractivity contribution in [3.8, 4) is 0 Å². The molecule has 2 heterocycles. The van der Waals surface area contributed by atoms with Gasteiger partial charge >= 0.3 is 0 Å². The monoisotopic (exact) mass is 211 g/mol. The molecule has 0 aromatic heterocycles. The van der Waals surface area contributed by atoms with Gasteiger partial charge in [0.05, 0.1) is 6.04 Å². The van der Waals surface area contributed by atoms with Gasteiger partial charge < -0.3 is 10.6 Å². The summed E-state index contributed by atoms with van der Waals surface area (Å²) in [6.07, 6.45) is 0. The number of nitrogens with one attached hydrogen (secondary N) is 2. The molecule has 2 saturated heterocycles. The lowest BCUT2D eigenvalue weighted by atomic mass is 9.95. The average molecular weight is 211 g/mol. The van der Waals surface area contributed by atoms with E-state index < -0.39 is 0 Å². The first-order valence-corrected chi connectivity index (χ1v) is 5.83. The van der Waals surface area contributed by atoms with Crippen LogP contribution in [0.3, 0.4) is 0 Å². The lowest BCUT2D eigenvalue weighted by Gasteiger charge is -2.29. The molecule has 4 unspecified atom stereocenters. The van der Waals surface area contributed by atoms with Crippen molar-refractivity contribution in [1.29, 1.82) is 0 Å². The smallest absolute Gasteiger partial charge is 0.236 e. The molecule has 4 atom stereocenters. The Morgan fingerprint density at radius 3 is 2.87 bits per heavy atom. The number of likely N-dealkylation sites (tertiary alicyclic amines) is 1. The zero-order valence-electron chi connectivity index (χ0n) is 9.79. The van der Waals surface area contributed by atoms with Crippen LogP contribution in [0.15, 0.2) is 0 Å². The van der Waals surface area contributed by atoms with Crippen LogP contribution >= 0.6 is 0 Å². The topological polar surface area (TPSA) is 44.4 Å². The van der Waals surface area contributed by atoms with Crippen LogP contribution in [-0.2, 0) is 4.79 Å². The first kappa shape index (κ1) is 10.9. The van der Waals surface area contributed by atoms with Crippen molar-refractivity contribution in [2.45, 2.75) is 25.9 Å². The number of hydrogen-bond acceptors (Lipinski definition) is 3. The quantitative estimate of drug-likeness (QED) is 0.657. The Labute approximate surface area is 91.4 Å². The lowest BCUT2D eigenvalue weighted by molar-refractivity contribution is -0.125. The highest BCUT2D eigenvalue weighted by molar-refractivity contribution is 5.81. The van der Waals surface area contributed by atoms with Gasteiger partial charge in [-0.1, -0.05) is 0 Å². The number of carbonyl (C=O) groups is 1. The summed E-state index contributed by atoms with van der Waals surface area (Å²) in [5, 5.41) is 6.16. The van der Waals surface area contributed by atoms with Gasteiger partial charge in [0.15, 0.2) is 0 Å². The minimum absolute atomic E-state index is 0.00981. The number of hydrogen-bond donors (Lipinski definition) is 2. The molecule has 0 aliphatic carbocycles. The highest BCUT2D eigenvalue weighted by Crippen LogP contribution is 2.33. The predicted molar refractivity (Wildman–Crippen MR) is 59.5 cm³/mol. The molecular formula is C11H21N3O. The molecule has 4 nitrogen and oxygen atoms in total. The van der Waals surface area contributed by atoms with E-state index in [1.165, 1.54) is 0 Å². The number of carbonyl (C=O) groups excluding carboxylic acids is 1. The first-order valence-electron chi connectivity index (χ1n) is 5.83. The number of nitrogens with zero attached hydrogens (tertiary/aromatic N) is 1. The molecule has 0 radical (unpaired) electrons. The summed E-state index contributed by atoms with van der Waals surface area (Å²) >= 11 is 0. The van der Waals surface area contributed by atoms with Crippen LogP contribution in [0, 0.1) is 11.8 Å². The Hall–Kier alpha value is -0.610. The third-order valence-electron chi connectivity index (χ3n) is 4.10. The Bertz CT molecular complexity index is 256. The normalized spacial score (nSPS) is 37.7. The molecule has 4 heteroatoms. The highest BCUT2D eigenvalue weighted by atomic mass is 16.2. The van der Waals surface area contributed by atoms with Crippen LogP contribution in [0.1, 0.15) is 13.8 Å². The molecule has 0 aromatic rings. The van der Waals surface area contributed by atoms with E-state index in [0.29, 0.717) is 6.04 Å². The fourth-order valence-electron chi connectivity index (χ4n) is 3.07. The van der Waals surface area contributed by atoms with E-state index in [9.17, 15) is 4.79 Å². The van der Waals surface area contributed by atoms with Gasteiger partial charge in [0.25, 0.3) is 0 Å². The number of likely N-dealkylation sites (N-methyl/N-ethyl adjacent to an activating group) is 1. The van der Waals surface area contributed by atoms with Crippen molar-refractivity contribution in [3.63, 3.8) is 0 Å². The van der Waals surface area contributed by atoms with Gasteiger partial charge in [-0.3, -0.25) is 9.69 Å². The van der Waals surface area contributed by atoms with E-state index in [1.807, 2.05) is 6.92 Å². The van der Waals surface area contributed by atoms with Crippen molar-refractivity contribution >= 4 is 5.91 Å². The fourth-order valence-corrected chi connectivity index (χ4v) is 3.07. The van der Waals surface area contributed by atoms with Gasteiger partial charge in [0, 0.05) is 19.6 Å². The number of amides is 1. The maximum Gasteiger partial charge on any atom is 0.236 e. The van der Waals surface area contributed by atoms with Gasteiger partial charge in [-0.25, -0.2) is 0 Å². The summed E-state index contributed by atoms with van der Waals surface area (Å²) < 4.78 is 0. The summed E-state index contributed by atoms with van der Waals surface area (Å²) in [6, 6.07) is 0.535. The highest BCUT2D eigenvalue weighted by Gasteiger charge is 2.44. The third-order valence-corrected chi connectivity index (χ3v) is 4.10. The van der Waals surface area contributed by atoms with Gasteiger partial charge in [-0.05, 0) is 38.8 Å². The van der Waals surface area contributed by atoms with E-state index in [0.717, 1.165) is 31.5 Å². The number of rotatable bonds is 2. The van der Waals surface area contributed by atoms with E-state index in [4.69, 9.17) is 0 Å². The molecule has 15 heavy (non-hydrogen) atoms. The molecule has 2 rings (SSSR count). The number of fused-ring (bicyclic) bond motifs is 1. The van der Waals surface area contributed by atoms with E-state index in [1.54, 1.807) is 7.05 Å². The molecule has 2 aliphatic rings. The van der Waals surface area contributed by atoms with Gasteiger partial charge in [-0.15, -0.1) is 0 Å². The van der Waals surface area contributed by atoms with Gasteiger partial charge in [0.2, 0.25) is 5.91 Å². The molecule has 86 valence electrons. The van der Waals surface area contributed by atoms with Crippen LogP contribution in [0.5, 0.6) is 0 Å². The maximum absolute atomic E-state index is 11.6. The molecule has 2 fully saturated rings. The second-order valence-corrected chi connectivity index (χ2v) is 4.81. The molecule has 0 saturated carbocycles. The molecule has 0 spiro atoms. The summed E-state index contributed by atoms with van der Waals surface area (Å²) in [5.41, 5.74) is 0. The summed E-state index contributed by atoms with van der Waals surface area (Å²) in [7, 11) is 1.71. The van der Waals surface area contributed by atoms with Crippen LogP contribution in [0.2, 0.25) is 0 Å². The predicted octanol–water partition coefficient (Wildman–Crippen LogP) is -0.339.